The number of halogens is 11. The number of hydrogen-bond acceptors (Lipinski definition) is 0. The quantitative estimate of drug-likeness (QED) is 0.196. The minimum atomic E-state index is -1.89. The van der Waals surface area contributed by atoms with Crippen LogP contribution in [-0.2, 0) is 4.33 Å². The highest BCUT2D eigenvalue weighted by molar-refractivity contribution is 6.66. The zero-order chi connectivity index (χ0) is 17.2. The van der Waals surface area contributed by atoms with E-state index in [4.69, 9.17) is 128 Å². The molecule has 0 radical (unpaired) electrons. The van der Waals surface area contributed by atoms with E-state index in [9.17, 15) is 0 Å². The fraction of sp³-hybridized carbons (Fsp3) is 0.273. The molecule has 0 nitrogen and oxygen atoms in total. The summed E-state index contributed by atoms with van der Waals surface area (Å²) in [5.74, 6) is -1.06. The van der Waals surface area contributed by atoms with E-state index in [1.54, 1.807) is 0 Å². The molecule has 1 aliphatic rings. The first kappa shape index (κ1) is 20.5. The molecule has 1 atom stereocenters. The van der Waals surface area contributed by atoms with Crippen LogP contribution >= 0.6 is 128 Å². The summed E-state index contributed by atoms with van der Waals surface area (Å²) in [6.45, 7) is 0. The van der Waals surface area contributed by atoms with Gasteiger partial charge in [-0.15, -0.1) is 0 Å². The fourth-order valence-electron chi connectivity index (χ4n) is 2.15. The van der Waals surface area contributed by atoms with Crippen LogP contribution in [0.3, 0.4) is 0 Å². The topological polar surface area (TPSA) is 0 Å². The molecule has 0 aliphatic heterocycles. The maximum Gasteiger partial charge on any atom is 0.178 e. The van der Waals surface area contributed by atoms with Gasteiger partial charge < -0.3 is 0 Å². The van der Waals surface area contributed by atoms with Crippen LogP contribution in [0.1, 0.15) is 17.0 Å². The molecule has 1 aliphatic carbocycles. The summed E-state index contributed by atoms with van der Waals surface area (Å²) in [6, 6.07) is 0. The molecule has 0 saturated heterocycles. The Morgan fingerprint density at radius 2 is 1.18 bits per heavy atom. The second kappa shape index (κ2) is 6.71. The van der Waals surface area contributed by atoms with Gasteiger partial charge in [-0.1, -0.05) is 128 Å². The third-order valence-corrected chi connectivity index (χ3v) is 8.31. The Hall–Kier alpha value is 2.15. The van der Waals surface area contributed by atoms with Crippen LogP contribution in [0, 0.1) is 0 Å². The van der Waals surface area contributed by atoms with Crippen LogP contribution in [-0.4, -0.2) is 4.33 Å². The van der Waals surface area contributed by atoms with Gasteiger partial charge in [-0.3, -0.25) is 0 Å². The Bertz CT molecular complexity index is 684. The molecule has 11 heteroatoms. The summed E-state index contributed by atoms with van der Waals surface area (Å²) in [7, 11) is 0. The van der Waals surface area contributed by atoms with Gasteiger partial charge in [0.15, 0.2) is 8.67 Å². The molecule has 1 aromatic carbocycles. The molecule has 0 amide bonds. The highest BCUT2D eigenvalue weighted by Crippen LogP contribution is 2.70. The molecular weight excluding hydrogens is 522 g/mol. The van der Waals surface area contributed by atoms with Gasteiger partial charge in [0.05, 0.1) is 31.0 Å². The van der Waals surface area contributed by atoms with Crippen molar-refractivity contribution in [1.82, 2.24) is 0 Å². The van der Waals surface area contributed by atoms with E-state index in [1.807, 2.05) is 0 Å². The Balaban J connectivity index is 3.00. The van der Waals surface area contributed by atoms with Crippen molar-refractivity contribution in [3.63, 3.8) is 0 Å². The maximum atomic E-state index is 6.34. The van der Waals surface area contributed by atoms with E-state index in [0.717, 1.165) is 0 Å². The van der Waals surface area contributed by atoms with Crippen molar-refractivity contribution in [2.75, 3.05) is 0 Å². The van der Waals surface area contributed by atoms with Crippen molar-refractivity contribution in [1.29, 1.82) is 0 Å². The van der Waals surface area contributed by atoms with Gasteiger partial charge in [0.25, 0.3) is 0 Å². The van der Waals surface area contributed by atoms with Crippen molar-refractivity contribution in [3.05, 3.63) is 40.7 Å². The molecular formula is C11HCl11. The van der Waals surface area contributed by atoms with Gasteiger partial charge in [0.2, 0.25) is 0 Å². The second-order valence-electron chi connectivity index (χ2n) is 4.28. The van der Waals surface area contributed by atoms with Crippen LogP contribution in [0.4, 0.5) is 0 Å². The van der Waals surface area contributed by atoms with Crippen LogP contribution in [0.25, 0.3) is 0 Å². The Morgan fingerprint density at radius 1 is 0.727 bits per heavy atom. The number of rotatable bonds is 1. The summed E-state index contributed by atoms with van der Waals surface area (Å²) >= 11 is 67.4. The van der Waals surface area contributed by atoms with Crippen molar-refractivity contribution >= 4 is 128 Å². The zero-order valence-corrected chi connectivity index (χ0v) is 18.1. The lowest BCUT2D eigenvalue weighted by molar-refractivity contribution is 0.683. The third kappa shape index (κ3) is 2.83. The molecule has 1 unspecified atom stereocenters. The van der Waals surface area contributed by atoms with E-state index in [-0.39, 0.29) is 40.7 Å². The molecule has 122 valence electrons. The smallest absolute Gasteiger partial charge is 0.0968 e. The molecule has 0 heterocycles. The number of fused-ring (bicyclic) bond motifs is 1. The summed E-state index contributed by atoms with van der Waals surface area (Å²) in [4.78, 5) is 0. The van der Waals surface area contributed by atoms with E-state index in [0.29, 0.717) is 0 Å². The molecule has 0 N–H and O–H groups in total. The first-order valence-electron chi connectivity index (χ1n) is 5.19. The fourth-order valence-corrected chi connectivity index (χ4v) is 5.20. The van der Waals surface area contributed by atoms with E-state index in [1.165, 1.54) is 0 Å². The van der Waals surface area contributed by atoms with E-state index >= 15 is 0 Å². The van der Waals surface area contributed by atoms with Crippen LogP contribution in [0.15, 0.2) is 9.52 Å². The van der Waals surface area contributed by atoms with Crippen LogP contribution in [0.2, 0.25) is 20.1 Å². The zero-order valence-electron chi connectivity index (χ0n) is 9.73. The van der Waals surface area contributed by atoms with Gasteiger partial charge in [-0.05, 0) is 5.56 Å². The summed E-state index contributed by atoms with van der Waals surface area (Å²) < 4.78 is -4.06. The van der Waals surface area contributed by atoms with Gasteiger partial charge in [-0.2, -0.15) is 0 Å². The molecule has 1 aromatic rings. The summed E-state index contributed by atoms with van der Waals surface area (Å²) in [6.07, 6.45) is 0. The van der Waals surface area contributed by atoms with Crippen molar-refractivity contribution in [3.8, 4) is 0 Å². The minimum Gasteiger partial charge on any atom is -0.0968 e. The molecule has 0 saturated carbocycles. The Morgan fingerprint density at radius 3 is 1.64 bits per heavy atom. The monoisotopic (exact) mass is 518 g/mol. The highest BCUT2D eigenvalue weighted by atomic mass is 35.5. The lowest BCUT2D eigenvalue weighted by Crippen LogP contribution is -2.33. The molecule has 0 aromatic heterocycles. The summed E-state index contributed by atoms with van der Waals surface area (Å²) in [5, 5.41) is -0.229. The number of hydrogen-bond donors (Lipinski definition) is 0. The minimum absolute atomic E-state index is 0.00218. The molecule has 0 spiro atoms. The molecule has 0 fully saturated rings. The first-order chi connectivity index (χ1) is 9.87. The number of alkyl halides is 4. The highest BCUT2D eigenvalue weighted by Gasteiger charge is 2.64. The standard InChI is InChI=1S/C11HCl11/c12-4-1-2(5(13)8(16)7(4)15)10(19,20)11(21,22)3(1)6(14)9(17)18/h3H. The predicted molar refractivity (Wildman–Crippen MR) is 102 cm³/mol. The van der Waals surface area contributed by atoms with Gasteiger partial charge in [0.1, 0.15) is 4.49 Å². The number of benzene rings is 1. The van der Waals surface area contributed by atoms with E-state index < -0.39 is 14.6 Å². The SMILES string of the molecule is ClC(Cl)=C(Cl)C1c2c(Cl)c(Cl)c(Cl)c(Cl)c2C(Cl)(Cl)C1(Cl)Cl. The van der Waals surface area contributed by atoms with E-state index in [2.05, 4.69) is 0 Å². The average molecular weight is 523 g/mol. The number of allylic oxidation sites excluding steroid dienone is 1. The van der Waals surface area contributed by atoms with Gasteiger partial charge in [-0.25, -0.2) is 0 Å². The average Bonchev–Trinajstić information content (AvgIpc) is 2.57. The lowest BCUT2D eigenvalue weighted by Gasteiger charge is -2.30. The Kier molecular flexibility index (Phi) is 6.24. The largest absolute Gasteiger partial charge is 0.178 e. The van der Waals surface area contributed by atoms with Crippen molar-refractivity contribution in [2.45, 2.75) is 14.6 Å². The second-order valence-corrected chi connectivity index (χ2v) is 9.86. The Labute approximate surface area is 181 Å². The van der Waals surface area contributed by atoms with Crippen molar-refractivity contribution < 1.29 is 0 Å². The third-order valence-electron chi connectivity index (χ3n) is 3.12. The van der Waals surface area contributed by atoms with Crippen LogP contribution in [0.5, 0.6) is 0 Å². The lowest BCUT2D eigenvalue weighted by atomic mass is 10.0. The normalized spacial score (nSPS) is 21.7. The molecule has 2 rings (SSSR count). The van der Waals surface area contributed by atoms with Crippen LogP contribution < -0.4 is 0 Å². The maximum absolute atomic E-state index is 6.34. The van der Waals surface area contributed by atoms with Gasteiger partial charge in [0, 0.05) is 5.56 Å². The first-order valence-corrected chi connectivity index (χ1v) is 9.35. The molecule has 22 heavy (non-hydrogen) atoms. The summed E-state index contributed by atoms with van der Waals surface area (Å²) in [5.41, 5.74) is 0.305. The molecule has 0 bridgehead atoms. The van der Waals surface area contributed by atoms with Crippen molar-refractivity contribution in [2.24, 2.45) is 0 Å². The predicted octanol–water partition coefficient (Wildman–Crippen LogP) is 9.09. The van der Waals surface area contributed by atoms with Gasteiger partial charge >= 0.3 is 0 Å².